The Morgan fingerprint density at radius 1 is 1.30 bits per heavy atom. The summed E-state index contributed by atoms with van der Waals surface area (Å²) < 4.78 is 27.2. The Morgan fingerprint density at radius 2 is 1.90 bits per heavy atom. The molecule has 1 fully saturated rings. The van der Waals surface area contributed by atoms with E-state index in [1.807, 2.05) is 0 Å². The minimum atomic E-state index is -0.758. The zero-order valence-electron chi connectivity index (χ0n) is 11.9. The molecule has 5 heteroatoms. The number of amides is 1. The Balaban J connectivity index is 2.06. The van der Waals surface area contributed by atoms with E-state index in [1.165, 1.54) is 13.5 Å². The predicted octanol–water partition coefficient (Wildman–Crippen LogP) is 3.32. The van der Waals surface area contributed by atoms with Crippen LogP contribution in [0.5, 0.6) is 0 Å². The van der Waals surface area contributed by atoms with Gasteiger partial charge in [-0.25, -0.2) is 8.78 Å². The maximum atomic E-state index is 13.6. The fourth-order valence-corrected chi connectivity index (χ4v) is 2.65. The molecule has 0 radical (unpaired) electrons. The van der Waals surface area contributed by atoms with Gasteiger partial charge in [0.15, 0.2) is 0 Å². The standard InChI is InChI=1S/C15H20F2N2O/c1-3-15(5-4-6-15)9-19-14(20)10-7-11(16)13(18-2)12(17)8-10/h7-8,18H,3-6,9H2,1-2H3,(H,19,20). The van der Waals surface area contributed by atoms with Gasteiger partial charge in [0.25, 0.3) is 5.91 Å². The van der Waals surface area contributed by atoms with Crippen LogP contribution in [0.4, 0.5) is 14.5 Å². The van der Waals surface area contributed by atoms with E-state index < -0.39 is 17.5 Å². The van der Waals surface area contributed by atoms with Crippen molar-refractivity contribution in [3.05, 3.63) is 29.3 Å². The van der Waals surface area contributed by atoms with Gasteiger partial charge in [-0.1, -0.05) is 13.3 Å². The Labute approximate surface area is 117 Å². The quantitative estimate of drug-likeness (QED) is 0.870. The monoisotopic (exact) mass is 282 g/mol. The summed E-state index contributed by atoms with van der Waals surface area (Å²) in [4.78, 5) is 12.0. The summed E-state index contributed by atoms with van der Waals surface area (Å²) in [6, 6.07) is 2.12. The fourth-order valence-electron chi connectivity index (χ4n) is 2.65. The van der Waals surface area contributed by atoms with Crippen molar-refractivity contribution in [3.8, 4) is 0 Å². The molecule has 0 aliphatic heterocycles. The van der Waals surface area contributed by atoms with E-state index in [4.69, 9.17) is 0 Å². The average molecular weight is 282 g/mol. The molecule has 1 aliphatic rings. The molecular weight excluding hydrogens is 262 g/mol. The van der Waals surface area contributed by atoms with Gasteiger partial charge in [0.2, 0.25) is 0 Å². The molecule has 3 nitrogen and oxygen atoms in total. The first-order valence-electron chi connectivity index (χ1n) is 6.96. The van der Waals surface area contributed by atoms with Crippen molar-refractivity contribution in [3.63, 3.8) is 0 Å². The van der Waals surface area contributed by atoms with Gasteiger partial charge < -0.3 is 10.6 Å². The fraction of sp³-hybridized carbons (Fsp3) is 0.533. The van der Waals surface area contributed by atoms with Crippen LogP contribution in [0.2, 0.25) is 0 Å². The number of hydrogen-bond acceptors (Lipinski definition) is 2. The van der Waals surface area contributed by atoms with E-state index in [1.54, 1.807) is 0 Å². The lowest BCUT2D eigenvalue weighted by Crippen LogP contribution is -2.41. The van der Waals surface area contributed by atoms with E-state index in [9.17, 15) is 13.6 Å². The van der Waals surface area contributed by atoms with Crippen LogP contribution < -0.4 is 10.6 Å². The minimum Gasteiger partial charge on any atom is -0.383 e. The Morgan fingerprint density at radius 3 is 2.30 bits per heavy atom. The first kappa shape index (κ1) is 14.8. The van der Waals surface area contributed by atoms with E-state index in [-0.39, 0.29) is 16.7 Å². The van der Waals surface area contributed by atoms with Gasteiger partial charge in [0.1, 0.15) is 17.3 Å². The molecule has 1 amide bonds. The minimum absolute atomic E-state index is 0.0181. The molecule has 0 spiro atoms. The lowest BCUT2D eigenvalue weighted by atomic mass is 9.67. The van der Waals surface area contributed by atoms with Crippen LogP contribution in [0.15, 0.2) is 12.1 Å². The van der Waals surface area contributed by atoms with Gasteiger partial charge in [-0.15, -0.1) is 0 Å². The first-order chi connectivity index (χ1) is 9.51. The summed E-state index contributed by atoms with van der Waals surface area (Å²) in [7, 11) is 1.43. The number of halogens is 2. The molecule has 0 heterocycles. The number of carbonyl (C=O) groups is 1. The summed E-state index contributed by atoms with van der Waals surface area (Å²) in [5, 5.41) is 5.22. The highest BCUT2D eigenvalue weighted by Crippen LogP contribution is 2.43. The molecule has 0 aromatic heterocycles. The molecule has 1 aromatic carbocycles. The summed E-state index contributed by atoms with van der Waals surface area (Å²) in [5.74, 6) is -1.94. The van der Waals surface area contributed by atoms with Crippen LogP contribution in [-0.4, -0.2) is 19.5 Å². The van der Waals surface area contributed by atoms with Gasteiger partial charge in [-0.3, -0.25) is 4.79 Å². The second-order valence-corrected chi connectivity index (χ2v) is 5.45. The van der Waals surface area contributed by atoms with Crippen molar-refractivity contribution in [2.24, 2.45) is 5.41 Å². The smallest absolute Gasteiger partial charge is 0.251 e. The average Bonchev–Trinajstić information content (AvgIpc) is 2.37. The highest BCUT2D eigenvalue weighted by atomic mass is 19.1. The van der Waals surface area contributed by atoms with E-state index in [0.29, 0.717) is 6.54 Å². The van der Waals surface area contributed by atoms with Crippen LogP contribution in [-0.2, 0) is 0 Å². The van der Waals surface area contributed by atoms with E-state index >= 15 is 0 Å². The van der Waals surface area contributed by atoms with Crippen LogP contribution >= 0.6 is 0 Å². The first-order valence-corrected chi connectivity index (χ1v) is 6.96. The molecule has 2 N–H and O–H groups in total. The second-order valence-electron chi connectivity index (χ2n) is 5.45. The largest absolute Gasteiger partial charge is 0.383 e. The lowest BCUT2D eigenvalue weighted by molar-refractivity contribution is 0.0849. The maximum absolute atomic E-state index is 13.6. The maximum Gasteiger partial charge on any atom is 0.251 e. The number of rotatable bonds is 5. The van der Waals surface area contributed by atoms with Crippen LogP contribution in [0.3, 0.4) is 0 Å². The number of nitrogens with one attached hydrogen (secondary N) is 2. The number of benzene rings is 1. The molecule has 2 rings (SSSR count). The number of carbonyl (C=O) groups excluding carboxylic acids is 1. The molecule has 1 aromatic rings. The highest BCUT2D eigenvalue weighted by molar-refractivity contribution is 5.94. The molecular formula is C15H20F2N2O. The molecule has 0 bridgehead atoms. The van der Waals surface area contributed by atoms with Gasteiger partial charge in [0, 0.05) is 19.2 Å². The number of anilines is 1. The third-order valence-electron chi connectivity index (χ3n) is 4.34. The van der Waals surface area contributed by atoms with Gasteiger partial charge in [0.05, 0.1) is 0 Å². The molecule has 20 heavy (non-hydrogen) atoms. The Kier molecular flexibility index (Phi) is 4.26. The molecule has 0 saturated heterocycles. The predicted molar refractivity (Wildman–Crippen MR) is 74.8 cm³/mol. The molecule has 0 atom stereocenters. The van der Waals surface area contributed by atoms with Gasteiger partial charge in [-0.05, 0) is 36.8 Å². The van der Waals surface area contributed by atoms with Crippen molar-refractivity contribution >= 4 is 11.6 Å². The SMILES string of the molecule is CCC1(CNC(=O)c2cc(F)c(NC)c(F)c2)CCC1. The zero-order valence-corrected chi connectivity index (χ0v) is 11.9. The van der Waals surface area contributed by atoms with Gasteiger partial charge in [-0.2, -0.15) is 0 Å². The number of hydrogen-bond donors (Lipinski definition) is 2. The summed E-state index contributed by atoms with van der Waals surface area (Å²) in [6.07, 6.45) is 4.40. The third-order valence-corrected chi connectivity index (χ3v) is 4.34. The van der Waals surface area contributed by atoms with Crippen molar-refractivity contribution in [1.29, 1.82) is 0 Å². The van der Waals surface area contributed by atoms with Crippen molar-refractivity contribution in [2.45, 2.75) is 32.6 Å². The second kappa shape index (κ2) is 5.77. The third kappa shape index (κ3) is 2.76. The topological polar surface area (TPSA) is 41.1 Å². The summed E-state index contributed by atoms with van der Waals surface area (Å²) in [6.45, 7) is 2.67. The molecule has 1 saturated carbocycles. The van der Waals surface area contributed by atoms with Crippen molar-refractivity contribution < 1.29 is 13.6 Å². The van der Waals surface area contributed by atoms with Crippen LogP contribution in [0.1, 0.15) is 43.0 Å². The molecule has 0 unspecified atom stereocenters. The molecule has 110 valence electrons. The lowest BCUT2D eigenvalue weighted by Gasteiger charge is -2.41. The highest BCUT2D eigenvalue weighted by Gasteiger charge is 2.35. The van der Waals surface area contributed by atoms with E-state index in [2.05, 4.69) is 17.6 Å². The molecule has 1 aliphatic carbocycles. The normalized spacial score (nSPS) is 16.4. The zero-order chi connectivity index (χ0) is 14.8. The summed E-state index contributed by atoms with van der Waals surface area (Å²) >= 11 is 0. The summed E-state index contributed by atoms with van der Waals surface area (Å²) in [5.41, 5.74) is -0.0207. The Bertz CT molecular complexity index is 484. The van der Waals surface area contributed by atoms with Gasteiger partial charge >= 0.3 is 0 Å². The van der Waals surface area contributed by atoms with Crippen molar-refractivity contribution in [1.82, 2.24) is 5.32 Å². The van der Waals surface area contributed by atoms with Crippen molar-refractivity contribution in [2.75, 3.05) is 18.9 Å². The van der Waals surface area contributed by atoms with E-state index in [0.717, 1.165) is 31.4 Å². The Hall–Kier alpha value is -1.65. The van der Waals surface area contributed by atoms with Crippen LogP contribution in [0, 0.1) is 17.0 Å². The van der Waals surface area contributed by atoms with Crippen LogP contribution in [0.25, 0.3) is 0 Å².